The van der Waals surface area contributed by atoms with Gasteiger partial charge >= 0.3 is 5.97 Å². The van der Waals surface area contributed by atoms with Crippen LogP contribution in [-0.2, 0) is 11.8 Å². The van der Waals surface area contributed by atoms with E-state index in [1.54, 1.807) is 6.92 Å². The molecular formula is C9H10N4O3S. The molecule has 0 aliphatic rings. The van der Waals surface area contributed by atoms with Crippen LogP contribution in [0.1, 0.15) is 16.3 Å². The minimum atomic E-state index is -0.606. The van der Waals surface area contributed by atoms with Gasteiger partial charge in [-0.25, -0.2) is 9.78 Å². The van der Waals surface area contributed by atoms with Gasteiger partial charge in [0, 0.05) is 7.05 Å². The van der Waals surface area contributed by atoms with Crippen molar-refractivity contribution in [2.45, 2.75) is 6.92 Å². The molecule has 0 radical (unpaired) electrons. The predicted molar refractivity (Wildman–Crippen MR) is 61.0 cm³/mol. The maximum atomic E-state index is 11.9. The molecule has 0 aromatic carbocycles. The number of H-pyrrole nitrogens is 1. The van der Waals surface area contributed by atoms with E-state index in [-0.39, 0.29) is 16.8 Å². The molecule has 2 rings (SSSR count). The Morgan fingerprint density at radius 2 is 2.24 bits per heavy atom. The third kappa shape index (κ3) is 1.86. The molecule has 0 spiro atoms. The van der Waals surface area contributed by atoms with E-state index in [0.717, 1.165) is 11.5 Å². The zero-order valence-corrected chi connectivity index (χ0v) is 10.3. The van der Waals surface area contributed by atoms with Gasteiger partial charge in [-0.2, -0.15) is 4.37 Å². The van der Waals surface area contributed by atoms with Gasteiger partial charge in [-0.05, 0) is 18.5 Å². The lowest BCUT2D eigenvalue weighted by Gasteiger charge is -1.96. The molecule has 0 saturated carbocycles. The Morgan fingerprint density at radius 3 is 2.76 bits per heavy atom. The summed E-state index contributed by atoms with van der Waals surface area (Å²) in [6.45, 7) is 1.72. The number of rotatable bonds is 2. The molecule has 0 unspecified atom stereocenters. The molecule has 0 bridgehead atoms. The second-order valence-corrected chi connectivity index (χ2v) is 4.12. The van der Waals surface area contributed by atoms with Crippen molar-refractivity contribution in [2.24, 2.45) is 7.05 Å². The number of nitrogens with one attached hydrogen (secondary N) is 1. The number of aryl methyl sites for hydroxylation is 2. The van der Waals surface area contributed by atoms with Gasteiger partial charge in [-0.15, -0.1) is 0 Å². The van der Waals surface area contributed by atoms with Crippen LogP contribution in [0.15, 0.2) is 4.79 Å². The number of aromatic nitrogens is 4. The predicted octanol–water partition coefficient (Wildman–Crippen LogP) is 0.327. The molecule has 2 aromatic heterocycles. The minimum absolute atomic E-state index is 0.0937. The highest BCUT2D eigenvalue weighted by molar-refractivity contribution is 7.09. The van der Waals surface area contributed by atoms with E-state index in [1.807, 2.05) is 0 Å². The van der Waals surface area contributed by atoms with Crippen molar-refractivity contribution >= 4 is 17.5 Å². The molecule has 0 aliphatic heterocycles. The second-order valence-electron chi connectivity index (χ2n) is 3.36. The summed E-state index contributed by atoms with van der Waals surface area (Å²) in [5, 5.41) is 3.05. The summed E-state index contributed by atoms with van der Waals surface area (Å²) < 4.78 is 9.80. The molecule has 0 fully saturated rings. The van der Waals surface area contributed by atoms with Crippen LogP contribution in [-0.4, -0.2) is 32.2 Å². The van der Waals surface area contributed by atoms with Crippen LogP contribution in [0.2, 0.25) is 0 Å². The number of carbonyl (C=O) groups is 1. The van der Waals surface area contributed by atoms with E-state index in [9.17, 15) is 9.59 Å². The topological polar surface area (TPSA) is 89.9 Å². The SMILES string of the molecule is COC(=O)c1[nH]n(C)c(=O)c1-c1nc(C)ns1. The fourth-order valence-corrected chi connectivity index (χ4v) is 2.11. The lowest BCUT2D eigenvalue weighted by atomic mass is 10.2. The molecule has 0 amide bonds. The van der Waals surface area contributed by atoms with Gasteiger partial charge in [0.25, 0.3) is 5.56 Å². The molecule has 90 valence electrons. The first-order valence-electron chi connectivity index (χ1n) is 4.72. The van der Waals surface area contributed by atoms with E-state index in [2.05, 4.69) is 19.2 Å². The fraction of sp³-hybridized carbons (Fsp3) is 0.333. The maximum Gasteiger partial charge on any atom is 0.356 e. The normalized spacial score (nSPS) is 10.5. The van der Waals surface area contributed by atoms with E-state index in [0.29, 0.717) is 10.8 Å². The summed E-state index contributed by atoms with van der Waals surface area (Å²) in [6.07, 6.45) is 0. The molecule has 17 heavy (non-hydrogen) atoms. The van der Waals surface area contributed by atoms with Crippen molar-refractivity contribution in [3.8, 4) is 10.6 Å². The van der Waals surface area contributed by atoms with E-state index in [1.165, 1.54) is 18.8 Å². The highest BCUT2D eigenvalue weighted by Crippen LogP contribution is 2.21. The van der Waals surface area contributed by atoms with Gasteiger partial charge in [-0.1, -0.05) is 0 Å². The van der Waals surface area contributed by atoms with Gasteiger partial charge in [0.2, 0.25) is 0 Å². The third-order valence-corrected chi connectivity index (χ3v) is 3.00. The Labute approximate surface area is 100 Å². The summed E-state index contributed by atoms with van der Waals surface area (Å²) in [5.41, 5.74) is -0.0392. The van der Waals surface area contributed by atoms with Gasteiger partial charge in [0.1, 0.15) is 11.4 Å². The zero-order chi connectivity index (χ0) is 12.6. The van der Waals surface area contributed by atoms with Gasteiger partial charge in [-0.3, -0.25) is 14.6 Å². The van der Waals surface area contributed by atoms with Crippen LogP contribution in [0, 0.1) is 6.92 Å². The highest BCUT2D eigenvalue weighted by Gasteiger charge is 2.23. The lowest BCUT2D eigenvalue weighted by molar-refractivity contribution is 0.0594. The number of methoxy groups -OCH3 is 1. The summed E-state index contributed by atoms with van der Waals surface area (Å²) in [6, 6.07) is 0. The average molecular weight is 254 g/mol. The Balaban J connectivity index is 2.67. The molecule has 1 N–H and O–H groups in total. The van der Waals surface area contributed by atoms with Crippen molar-refractivity contribution in [3.05, 3.63) is 21.9 Å². The maximum absolute atomic E-state index is 11.9. The Morgan fingerprint density at radius 1 is 1.53 bits per heavy atom. The standard InChI is InChI=1S/C9H10N4O3S/c1-4-10-7(17-12-4)5-6(9(15)16-3)11-13(2)8(5)14/h11H,1-3H3. The zero-order valence-electron chi connectivity index (χ0n) is 9.47. The number of esters is 1. The summed E-state index contributed by atoms with van der Waals surface area (Å²) in [5.74, 6) is -0.0466. The van der Waals surface area contributed by atoms with E-state index < -0.39 is 5.97 Å². The second kappa shape index (κ2) is 4.13. The van der Waals surface area contributed by atoms with Gasteiger partial charge in [0.05, 0.1) is 7.11 Å². The quantitative estimate of drug-likeness (QED) is 0.780. The molecular weight excluding hydrogens is 244 g/mol. The van der Waals surface area contributed by atoms with E-state index >= 15 is 0 Å². The van der Waals surface area contributed by atoms with Gasteiger partial charge < -0.3 is 4.74 Å². The number of carbonyl (C=O) groups excluding carboxylic acids is 1. The number of hydrogen-bond donors (Lipinski definition) is 1. The van der Waals surface area contributed by atoms with Crippen LogP contribution in [0.3, 0.4) is 0 Å². The summed E-state index contributed by atoms with van der Waals surface area (Å²) >= 11 is 1.07. The number of nitrogens with zero attached hydrogens (tertiary/aromatic N) is 3. The van der Waals surface area contributed by atoms with Crippen LogP contribution < -0.4 is 5.56 Å². The van der Waals surface area contributed by atoms with Crippen LogP contribution >= 0.6 is 11.5 Å². The van der Waals surface area contributed by atoms with Crippen LogP contribution in [0.5, 0.6) is 0 Å². The third-order valence-electron chi connectivity index (χ3n) is 2.18. The molecule has 2 heterocycles. The highest BCUT2D eigenvalue weighted by atomic mass is 32.1. The van der Waals surface area contributed by atoms with Crippen molar-refractivity contribution in [1.29, 1.82) is 0 Å². The van der Waals surface area contributed by atoms with Crippen molar-refractivity contribution < 1.29 is 9.53 Å². The number of aromatic amines is 1. The van der Waals surface area contributed by atoms with Crippen LogP contribution in [0.25, 0.3) is 10.6 Å². The smallest absolute Gasteiger partial charge is 0.356 e. The fourth-order valence-electron chi connectivity index (χ4n) is 1.40. The van der Waals surface area contributed by atoms with Crippen molar-refractivity contribution in [2.75, 3.05) is 7.11 Å². The Hall–Kier alpha value is -1.96. The summed E-state index contributed by atoms with van der Waals surface area (Å²) in [4.78, 5) is 27.5. The average Bonchev–Trinajstić information content (AvgIpc) is 2.84. The number of ether oxygens (including phenoxy) is 1. The monoisotopic (exact) mass is 254 g/mol. The largest absolute Gasteiger partial charge is 0.464 e. The Kier molecular flexibility index (Phi) is 2.80. The molecule has 8 heteroatoms. The molecule has 7 nitrogen and oxygen atoms in total. The Bertz CT molecular complexity index is 624. The first-order valence-corrected chi connectivity index (χ1v) is 5.50. The first kappa shape index (κ1) is 11.5. The molecule has 0 saturated heterocycles. The molecule has 2 aromatic rings. The van der Waals surface area contributed by atoms with Crippen LogP contribution in [0.4, 0.5) is 0 Å². The minimum Gasteiger partial charge on any atom is -0.464 e. The van der Waals surface area contributed by atoms with Gasteiger partial charge in [0.15, 0.2) is 10.7 Å². The molecule has 0 aliphatic carbocycles. The lowest BCUT2D eigenvalue weighted by Crippen LogP contribution is -2.13. The first-order chi connectivity index (χ1) is 8.04. The molecule has 0 atom stereocenters. The van der Waals surface area contributed by atoms with E-state index in [4.69, 9.17) is 0 Å². The van der Waals surface area contributed by atoms with Crippen molar-refractivity contribution in [1.82, 2.24) is 19.1 Å². The number of hydrogen-bond acceptors (Lipinski definition) is 6. The van der Waals surface area contributed by atoms with Crippen molar-refractivity contribution in [3.63, 3.8) is 0 Å². The summed E-state index contributed by atoms with van der Waals surface area (Å²) in [7, 11) is 2.77.